The second-order valence-electron chi connectivity index (χ2n) is 11.8. The van der Waals surface area contributed by atoms with Crippen LogP contribution in [0.1, 0.15) is 90.1 Å². The van der Waals surface area contributed by atoms with Gasteiger partial charge in [-0.3, -0.25) is 9.59 Å². The Morgan fingerprint density at radius 2 is 1.66 bits per heavy atom. The molecule has 0 aromatic heterocycles. The summed E-state index contributed by atoms with van der Waals surface area (Å²) in [6, 6.07) is 13.9. The molecule has 0 saturated carbocycles. The molecular weight excluding hydrogens is 490 g/mol. The fraction of sp³-hybridized carbons (Fsp3) is 0.562. The van der Waals surface area contributed by atoms with Gasteiger partial charge in [-0.15, -0.1) is 0 Å². The molecule has 208 valence electrons. The third kappa shape index (κ3) is 6.23. The molecule has 1 saturated heterocycles. The molecule has 0 radical (unpaired) electrons. The highest BCUT2D eigenvalue weighted by Crippen LogP contribution is 2.44. The topological polar surface area (TPSA) is 55.8 Å². The van der Waals surface area contributed by atoms with E-state index in [0.717, 1.165) is 28.9 Å². The fourth-order valence-electron chi connectivity index (χ4n) is 6.64. The number of carbonyl (C=O) groups excluding carboxylic acids is 2. The maximum Gasteiger partial charge on any atom is 0.224 e. The Bertz CT molecular complexity index is 1100. The standard InChI is InChI=1S/C32H47NO4Si/c1-21(2)38(22(3)4,23(5)6)37-25(8)33-28(15-18-32(33)35)14-17-30(34)27-12-10-11-26(20-27)29-16-13-24(7)19-31(29)36-9/h10-13,16,19-23,25,28H,14-15,17-18H2,1-9H3/t25-,28-/m1/s1. The van der Waals surface area contributed by atoms with Crippen LogP contribution in [0.4, 0.5) is 0 Å². The molecule has 1 aliphatic rings. The van der Waals surface area contributed by atoms with Gasteiger partial charge in [-0.25, -0.2) is 0 Å². The summed E-state index contributed by atoms with van der Waals surface area (Å²) in [7, 11) is -0.467. The first-order valence-electron chi connectivity index (χ1n) is 14.2. The van der Waals surface area contributed by atoms with Gasteiger partial charge in [0.2, 0.25) is 14.2 Å². The van der Waals surface area contributed by atoms with Crippen molar-refractivity contribution in [3.63, 3.8) is 0 Å². The number of benzene rings is 2. The smallest absolute Gasteiger partial charge is 0.224 e. The van der Waals surface area contributed by atoms with Gasteiger partial charge in [0.1, 0.15) is 12.0 Å². The minimum Gasteiger partial charge on any atom is -0.496 e. The zero-order chi connectivity index (χ0) is 28.2. The number of ketones is 1. The fourth-order valence-corrected chi connectivity index (χ4v) is 12.2. The summed E-state index contributed by atoms with van der Waals surface area (Å²) in [6.07, 6.45) is 2.07. The molecule has 1 amide bonds. The van der Waals surface area contributed by atoms with Crippen molar-refractivity contribution in [2.75, 3.05) is 7.11 Å². The number of hydrogen-bond acceptors (Lipinski definition) is 4. The molecule has 5 nitrogen and oxygen atoms in total. The molecule has 0 spiro atoms. The van der Waals surface area contributed by atoms with Gasteiger partial charge in [-0.2, -0.15) is 0 Å². The van der Waals surface area contributed by atoms with Gasteiger partial charge in [-0.05, 0) is 66.6 Å². The molecule has 3 rings (SSSR count). The predicted octanol–water partition coefficient (Wildman–Crippen LogP) is 8.16. The second kappa shape index (κ2) is 12.6. The van der Waals surface area contributed by atoms with Crippen molar-refractivity contribution in [3.8, 4) is 16.9 Å². The summed E-state index contributed by atoms with van der Waals surface area (Å²) in [5.41, 5.74) is 5.09. The summed E-state index contributed by atoms with van der Waals surface area (Å²) in [5, 5.41) is 0. The summed E-state index contributed by atoms with van der Waals surface area (Å²) in [5.74, 6) is 1.04. The van der Waals surface area contributed by atoms with Crippen molar-refractivity contribution in [1.82, 2.24) is 4.90 Å². The lowest BCUT2D eigenvalue weighted by molar-refractivity contribution is -0.137. The van der Waals surface area contributed by atoms with E-state index in [2.05, 4.69) is 47.6 Å². The van der Waals surface area contributed by atoms with Crippen molar-refractivity contribution >= 4 is 20.0 Å². The molecule has 2 aromatic carbocycles. The number of aryl methyl sites for hydroxylation is 1. The molecule has 0 N–H and O–H groups in total. The average Bonchev–Trinajstić information content (AvgIpc) is 3.25. The Balaban J connectivity index is 1.74. The van der Waals surface area contributed by atoms with E-state index in [4.69, 9.17) is 9.16 Å². The molecule has 0 bridgehead atoms. The first-order chi connectivity index (χ1) is 17.9. The highest BCUT2D eigenvalue weighted by molar-refractivity contribution is 6.77. The molecule has 1 heterocycles. The first kappa shape index (κ1) is 30.1. The van der Waals surface area contributed by atoms with Crippen LogP contribution in [-0.4, -0.2) is 44.3 Å². The normalized spacial score (nSPS) is 17.1. The maximum absolute atomic E-state index is 13.3. The number of rotatable bonds is 12. The van der Waals surface area contributed by atoms with Gasteiger partial charge in [0, 0.05) is 30.0 Å². The van der Waals surface area contributed by atoms with Crippen LogP contribution in [0.2, 0.25) is 16.6 Å². The van der Waals surface area contributed by atoms with Crippen molar-refractivity contribution in [3.05, 3.63) is 53.6 Å². The SMILES string of the molecule is COc1cc(C)ccc1-c1cccc(C(=O)CC[C@@H]2CCC(=O)N2[C@@H](C)O[Si](C(C)C)(C(C)C)C(C)C)c1. The predicted molar refractivity (Wildman–Crippen MR) is 158 cm³/mol. The molecule has 1 aliphatic heterocycles. The zero-order valence-electron chi connectivity index (χ0n) is 24.8. The third-order valence-corrected chi connectivity index (χ3v) is 14.6. The quantitative estimate of drug-likeness (QED) is 0.202. The van der Waals surface area contributed by atoms with Crippen LogP contribution in [0.5, 0.6) is 5.75 Å². The lowest BCUT2D eigenvalue weighted by Gasteiger charge is -2.46. The number of carbonyl (C=O) groups is 2. The lowest BCUT2D eigenvalue weighted by Crippen LogP contribution is -2.54. The number of nitrogens with zero attached hydrogens (tertiary/aromatic N) is 1. The second-order valence-corrected chi connectivity index (χ2v) is 17.2. The van der Waals surface area contributed by atoms with E-state index in [1.807, 2.05) is 55.1 Å². The van der Waals surface area contributed by atoms with Crippen molar-refractivity contribution in [1.29, 1.82) is 0 Å². The van der Waals surface area contributed by atoms with E-state index >= 15 is 0 Å². The Hall–Kier alpha value is -2.44. The van der Waals surface area contributed by atoms with E-state index < -0.39 is 8.32 Å². The van der Waals surface area contributed by atoms with Gasteiger partial charge < -0.3 is 14.1 Å². The van der Waals surface area contributed by atoms with Crippen LogP contribution >= 0.6 is 0 Å². The van der Waals surface area contributed by atoms with E-state index in [-0.39, 0.29) is 24.0 Å². The van der Waals surface area contributed by atoms with Crippen LogP contribution in [0.25, 0.3) is 11.1 Å². The number of amides is 1. The number of likely N-dealkylation sites (tertiary alicyclic amines) is 1. The largest absolute Gasteiger partial charge is 0.496 e. The summed E-state index contributed by atoms with van der Waals surface area (Å²) in [4.78, 5) is 28.2. The molecule has 2 aromatic rings. The summed E-state index contributed by atoms with van der Waals surface area (Å²) in [6.45, 7) is 17.7. The Morgan fingerprint density at radius 3 is 2.26 bits per heavy atom. The highest BCUT2D eigenvalue weighted by atomic mass is 28.4. The Kier molecular flexibility index (Phi) is 9.99. The van der Waals surface area contributed by atoms with Gasteiger partial charge in [0.05, 0.1) is 7.11 Å². The monoisotopic (exact) mass is 537 g/mol. The van der Waals surface area contributed by atoms with E-state index in [1.165, 1.54) is 0 Å². The number of Topliss-reactive ketones (excluding diaryl/α,β-unsaturated/α-hetero) is 1. The molecular formula is C32H47NO4Si. The van der Waals surface area contributed by atoms with Crippen LogP contribution in [0.15, 0.2) is 42.5 Å². The summed E-state index contributed by atoms with van der Waals surface area (Å²) >= 11 is 0. The van der Waals surface area contributed by atoms with E-state index in [9.17, 15) is 9.59 Å². The van der Waals surface area contributed by atoms with Crippen molar-refractivity contribution in [2.45, 2.75) is 110 Å². The van der Waals surface area contributed by atoms with Crippen molar-refractivity contribution in [2.24, 2.45) is 0 Å². The molecule has 1 fully saturated rings. The maximum atomic E-state index is 13.3. The van der Waals surface area contributed by atoms with Gasteiger partial charge >= 0.3 is 0 Å². The Morgan fingerprint density at radius 1 is 1.00 bits per heavy atom. The molecule has 38 heavy (non-hydrogen) atoms. The summed E-state index contributed by atoms with van der Waals surface area (Å²) < 4.78 is 12.5. The Labute approximate surface area is 231 Å². The average molecular weight is 538 g/mol. The molecule has 0 aliphatic carbocycles. The van der Waals surface area contributed by atoms with Gasteiger partial charge in [0.25, 0.3) is 0 Å². The zero-order valence-corrected chi connectivity index (χ0v) is 25.8. The van der Waals surface area contributed by atoms with Gasteiger partial charge in [0.15, 0.2) is 5.78 Å². The molecule has 2 atom stereocenters. The minimum atomic E-state index is -2.14. The lowest BCUT2D eigenvalue weighted by atomic mass is 9.97. The highest BCUT2D eigenvalue weighted by Gasteiger charge is 2.48. The minimum absolute atomic E-state index is 0.0278. The van der Waals surface area contributed by atoms with Crippen LogP contribution in [0.3, 0.4) is 0 Å². The first-order valence-corrected chi connectivity index (χ1v) is 16.3. The molecule has 0 unspecified atom stereocenters. The van der Waals surface area contributed by atoms with Crippen molar-refractivity contribution < 1.29 is 18.8 Å². The van der Waals surface area contributed by atoms with E-state index in [1.54, 1.807) is 7.11 Å². The van der Waals surface area contributed by atoms with E-state index in [0.29, 0.717) is 41.4 Å². The number of ether oxygens (including phenoxy) is 1. The van der Waals surface area contributed by atoms with Gasteiger partial charge in [-0.1, -0.05) is 71.9 Å². The van der Waals surface area contributed by atoms with Crippen LogP contribution in [0, 0.1) is 6.92 Å². The third-order valence-electron chi connectivity index (χ3n) is 8.40. The van der Waals surface area contributed by atoms with Crippen LogP contribution < -0.4 is 4.74 Å². The number of hydrogen-bond donors (Lipinski definition) is 0. The van der Waals surface area contributed by atoms with Crippen LogP contribution in [-0.2, 0) is 9.22 Å². The number of methoxy groups -OCH3 is 1. The molecule has 6 heteroatoms.